The zero-order chi connectivity index (χ0) is 12.4. The molecule has 0 atom stereocenters. The van der Waals surface area contributed by atoms with Crippen molar-refractivity contribution in [2.24, 2.45) is 0 Å². The van der Waals surface area contributed by atoms with E-state index in [4.69, 9.17) is 11.6 Å². The van der Waals surface area contributed by atoms with Crippen LogP contribution in [0.25, 0.3) is 0 Å². The van der Waals surface area contributed by atoms with Crippen LogP contribution in [0, 0.1) is 0 Å². The molecule has 6 heteroatoms. The number of aromatic amines is 1. The van der Waals surface area contributed by atoms with Crippen LogP contribution in [0.4, 0.5) is 5.82 Å². The molecule has 1 saturated heterocycles. The van der Waals surface area contributed by atoms with Crippen LogP contribution >= 0.6 is 11.6 Å². The van der Waals surface area contributed by atoms with Crippen LogP contribution in [0.5, 0.6) is 0 Å². The molecular formula is C11H17ClN4O. The van der Waals surface area contributed by atoms with Gasteiger partial charge in [0.15, 0.2) is 5.82 Å². The number of H-pyrrole nitrogens is 1. The molecule has 5 nitrogen and oxygen atoms in total. The highest BCUT2D eigenvalue weighted by molar-refractivity contribution is 6.32. The van der Waals surface area contributed by atoms with E-state index < -0.39 is 0 Å². The number of anilines is 1. The summed E-state index contributed by atoms with van der Waals surface area (Å²) in [4.78, 5) is 22.3. The Balaban J connectivity index is 2.11. The fourth-order valence-electron chi connectivity index (χ4n) is 2.19. The zero-order valence-corrected chi connectivity index (χ0v) is 10.9. The van der Waals surface area contributed by atoms with Crippen LogP contribution in [0.15, 0.2) is 11.1 Å². The Morgan fingerprint density at radius 1 is 1.47 bits per heavy atom. The third-order valence-corrected chi connectivity index (χ3v) is 3.61. The van der Waals surface area contributed by atoms with E-state index in [-0.39, 0.29) is 10.6 Å². The molecule has 17 heavy (non-hydrogen) atoms. The molecule has 0 spiro atoms. The Bertz CT molecular complexity index is 437. The Morgan fingerprint density at radius 2 is 2.12 bits per heavy atom. The van der Waals surface area contributed by atoms with Crippen molar-refractivity contribution >= 4 is 17.4 Å². The summed E-state index contributed by atoms with van der Waals surface area (Å²) in [5.41, 5.74) is -0.272. The first-order valence-corrected chi connectivity index (χ1v) is 6.12. The molecule has 0 bridgehead atoms. The monoisotopic (exact) mass is 256 g/mol. The smallest absolute Gasteiger partial charge is 0.271 e. The normalized spacial score (nSPS) is 17.8. The minimum Gasteiger partial charge on any atom is -0.355 e. The van der Waals surface area contributed by atoms with Crippen molar-refractivity contribution in [3.05, 3.63) is 21.7 Å². The second-order valence-electron chi connectivity index (χ2n) is 4.55. The maximum absolute atomic E-state index is 11.4. The SMILES string of the molecule is CN(C)C1CCN(c2nc[nH]c(=O)c2Cl)CC1. The Kier molecular flexibility index (Phi) is 3.69. The molecule has 2 rings (SSSR count). The topological polar surface area (TPSA) is 52.2 Å². The quantitative estimate of drug-likeness (QED) is 0.856. The van der Waals surface area contributed by atoms with E-state index in [0.29, 0.717) is 11.9 Å². The zero-order valence-electron chi connectivity index (χ0n) is 10.1. The van der Waals surface area contributed by atoms with E-state index in [1.165, 1.54) is 6.33 Å². The number of aromatic nitrogens is 2. The van der Waals surface area contributed by atoms with Crippen LogP contribution in [-0.2, 0) is 0 Å². The minimum atomic E-state index is -0.272. The predicted octanol–water partition coefficient (Wildman–Crippen LogP) is 0.954. The number of nitrogens with one attached hydrogen (secondary N) is 1. The van der Waals surface area contributed by atoms with E-state index in [1.807, 2.05) is 0 Å². The van der Waals surface area contributed by atoms with Gasteiger partial charge in [-0.25, -0.2) is 4.98 Å². The highest BCUT2D eigenvalue weighted by atomic mass is 35.5. The molecule has 0 radical (unpaired) electrons. The van der Waals surface area contributed by atoms with Crippen molar-refractivity contribution in [2.75, 3.05) is 32.1 Å². The molecular weight excluding hydrogens is 240 g/mol. The predicted molar refractivity (Wildman–Crippen MR) is 68.8 cm³/mol. The molecule has 1 N–H and O–H groups in total. The lowest BCUT2D eigenvalue weighted by atomic mass is 10.0. The summed E-state index contributed by atoms with van der Waals surface area (Å²) in [6.07, 6.45) is 3.54. The van der Waals surface area contributed by atoms with Crippen molar-refractivity contribution < 1.29 is 0 Å². The lowest BCUT2D eigenvalue weighted by Crippen LogP contribution is -2.42. The average Bonchev–Trinajstić information content (AvgIpc) is 2.33. The second-order valence-corrected chi connectivity index (χ2v) is 4.93. The number of nitrogens with zero attached hydrogens (tertiary/aromatic N) is 3. The molecule has 1 aliphatic rings. The first-order chi connectivity index (χ1) is 8.09. The summed E-state index contributed by atoms with van der Waals surface area (Å²) in [6.45, 7) is 1.78. The van der Waals surface area contributed by atoms with Gasteiger partial charge in [0.05, 0.1) is 6.33 Å². The Morgan fingerprint density at radius 3 is 2.71 bits per heavy atom. The number of halogens is 1. The molecule has 1 aliphatic heterocycles. The largest absolute Gasteiger partial charge is 0.355 e. The number of piperidine rings is 1. The van der Waals surface area contributed by atoms with Gasteiger partial charge in [-0.15, -0.1) is 0 Å². The minimum absolute atomic E-state index is 0.191. The van der Waals surface area contributed by atoms with Crippen LogP contribution in [0.1, 0.15) is 12.8 Å². The van der Waals surface area contributed by atoms with Crippen molar-refractivity contribution in [3.63, 3.8) is 0 Å². The fourth-order valence-corrected chi connectivity index (χ4v) is 2.41. The van der Waals surface area contributed by atoms with Gasteiger partial charge in [-0.1, -0.05) is 11.6 Å². The summed E-state index contributed by atoms with van der Waals surface area (Å²) in [6, 6.07) is 0.604. The molecule has 0 unspecified atom stereocenters. The molecule has 0 saturated carbocycles. The van der Waals surface area contributed by atoms with Gasteiger partial charge in [-0.2, -0.15) is 0 Å². The van der Waals surface area contributed by atoms with Crippen LogP contribution < -0.4 is 10.5 Å². The molecule has 1 fully saturated rings. The van der Waals surface area contributed by atoms with Gasteiger partial charge in [-0.05, 0) is 26.9 Å². The summed E-state index contributed by atoms with van der Waals surface area (Å²) >= 11 is 5.97. The maximum atomic E-state index is 11.4. The van der Waals surface area contributed by atoms with E-state index in [1.54, 1.807) is 0 Å². The van der Waals surface area contributed by atoms with E-state index in [2.05, 4.69) is 33.9 Å². The average molecular weight is 257 g/mol. The Hall–Kier alpha value is -1.07. The first-order valence-electron chi connectivity index (χ1n) is 5.74. The summed E-state index contributed by atoms with van der Waals surface area (Å²) < 4.78 is 0. The van der Waals surface area contributed by atoms with Crippen molar-refractivity contribution in [1.29, 1.82) is 0 Å². The summed E-state index contributed by atoms with van der Waals surface area (Å²) in [5, 5.41) is 0.191. The standard InChI is InChI=1S/C11H17ClN4O/c1-15(2)8-3-5-16(6-4-8)10-9(12)11(17)14-7-13-10/h7-8H,3-6H2,1-2H3,(H,13,14,17). The van der Waals surface area contributed by atoms with E-state index in [9.17, 15) is 4.79 Å². The maximum Gasteiger partial charge on any atom is 0.271 e. The molecule has 0 aliphatic carbocycles. The lowest BCUT2D eigenvalue weighted by molar-refractivity contribution is 0.249. The van der Waals surface area contributed by atoms with Gasteiger partial charge in [0.1, 0.15) is 5.02 Å². The highest BCUT2D eigenvalue weighted by Crippen LogP contribution is 2.23. The van der Waals surface area contributed by atoms with E-state index >= 15 is 0 Å². The van der Waals surface area contributed by atoms with Crippen LogP contribution in [0.3, 0.4) is 0 Å². The fraction of sp³-hybridized carbons (Fsp3) is 0.636. The third kappa shape index (κ3) is 2.61. The number of rotatable bonds is 2. The van der Waals surface area contributed by atoms with E-state index in [0.717, 1.165) is 25.9 Å². The Labute approximate surface area is 105 Å². The van der Waals surface area contributed by atoms with Gasteiger partial charge in [0.2, 0.25) is 0 Å². The highest BCUT2D eigenvalue weighted by Gasteiger charge is 2.23. The number of hydrogen-bond acceptors (Lipinski definition) is 4. The van der Waals surface area contributed by atoms with Crippen LogP contribution in [0.2, 0.25) is 5.02 Å². The van der Waals surface area contributed by atoms with Gasteiger partial charge >= 0.3 is 0 Å². The summed E-state index contributed by atoms with van der Waals surface area (Å²) in [7, 11) is 4.19. The number of hydrogen-bond donors (Lipinski definition) is 1. The molecule has 0 amide bonds. The molecule has 94 valence electrons. The van der Waals surface area contributed by atoms with Crippen molar-refractivity contribution in [3.8, 4) is 0 Å². The van der Waals surface area contributed by atoms with Gasteiger partial charge in [-0.3, -0.25) is 4.79 Å². The van der Waals surface area contributed by atoms with Gasteiger partial charge < -0.3 is 14.8 Å². The summed E-state index contributed by atoms with van der Waals surface area (Å²) in [5.74, 6) is 0.604. The first kappa shape index (κ1) is 12.4. The molecule has 1 aromatic rings. The molecule has 2 heterocycles. The van der Waals surface area contributed by atoms with Crippen molar-refractivity contribution in [2.45, 2.75) is 18.9 Å². The van der Waals surface area contributed by atoms with Gasteiger partial charge in [0, 0.05) is 19.1 Å². The van der Waals surface area contributed by atoms with Crippen LogP contribution in [-0.4, -0.2) is 48.1 Å². The van der Waals surface area contributed by atoms with Crippen molar-refractivity contribution in [1.82, 2.24) is 14.9 Å². The second kappa shape index (κ2) is 5.06. The molecule has 0 aromatic carbocycles. The lowest BCUT2D eigenvalue weighted by Gasteiger charge is -2.35. The van der Waals surface area contributed by atoms with Gasteiger partial charge in [0.25, 0.3) is 5.56 Å². The molecule has 1 aromatic heterocycles. The third-order valence-electron chi connectivity index (χ3n) is 3.27.